The predicted molar refractivity (Wildman–Crippen MR) is 109 cm³/mol. The van der Waals surface area contributed by atoms with Crippen molar-refractivity contribution in [2.75, 3.05) is 5.32 Å². The number of anilines is 1. The highest BCUT2D eigenvalue weighted by Crippen LogP contribution is 2.29. The van der Waals surface area contributed by atoms with Crippen LogP contribution in [0.1, 0.15) is 16.1 Å². The molecule has 0 bridgehead atoms. The molecule has 1 amide bonds. The molecule has 9 heteroatoms. The topological polar surface area (TPSA) is 94.3 Å². The minimum absolute atomic E-state index is 0.0903. The Labute approximate surface area is 174 Å². The Morgan fingerprint density at radius 2 is 1.97 bits per heavy atom. The number of amides is 1. The van der Waals surface area contributed by atoms with Gasteiger partial charge in [0, 0.05) is 24.0 Å². The molecule has 0 saturated carbocycles. The summed E-state index contributed by atoms with van der Waals surface area (Å²) in [7, 11) is 0. The number of ether oxygens (including phenoxy) is 1. The molecule has 0 atom stereocenters. The largest absolute Gasteiger partial charge is 0.454 e. The zero-order valence-corrected chi connectivity index (χ0v) is 15.9. The molecule has 0 fully saturated rings. The SMILES string of the molecule is O=C(Nc1cccc2c(=O)cc(-c3ccccc3COC(F)F)oc12)c1cnccn1. The normalized spacial score (nSPS) is 11.1. The lowest BCUT2D eigenvalue weighted by Crippen LogP contribution is -2.14. The van der Waals surface area contributed by atoms with Crippen molar-refractivity contribution < 1.29 is 22.7 Å². The van der Waals surface area contributed by atoms with E-state index in [0.717, 1.165) is 0 Å². The van der Waals surface area contributed by atoms with E-state index >= 15 is 0 Å². The molecule has 1 N–H and O–H groups in total. The Hall–Kier alpha value is -3.98. The fraction of sp³-hybridized carbons (Fsp3) is 0.0909. The molecule has 0 aliphatic rings. The van der Waals surface area contributed by atoms with Gasteiger partial charge in [0.2, 0.25) is 0 Å². The van der Waals surface area contributed by atoms with E-state index in [1.165, 1.54) is 24.7 Å². The van der Waals surface area contributed by atoms with Crippen molar-refractivity contribution in [3.8, 4) is 11.3 Å². The quantitative estimate of drug-likeness (QED) is 0.499. The van der Waals surface area contributed by atoms with E-state index in [4.69, 9.17) is 4.42 Å². The van der Waals surface area contributed by atoms with Crippen LogP contribution in [0.5, 0.6) is 0 Å². The van der Waals surface area contributed by atoms with Crippen molar-refractivity contribution in [3.05, 3.63) is 88.6 Å². The number of para-hydroxylation sites is 1. The zero-order chi connectivity index (χ0) is 21.8. The summed E-state index contributed by atoms with van der Waals surface area (Å²) in [6.45, 7) is -3.29. The first-order valence-corrected chi connectivity index (χ1v) is 9.15. The Balaban J connectivity index is 1.78. The van der Waals surface area contributed by atoms with Crippen LogP contribution < -0.4 is 10.7 Å². The van der Waals surface area contributed by atoms with Crippen LogP contribution in [0.4, 0.5) is 14.5 Å². The van der Waals surface area contributed by atoms with E-state index in [9.17, 15) is 18.4 Å². The van der Waals surface area contributed by atoms with E-state index in [2.05, 4.69) is 20.0 Å². The van der Waals surface area contributed by atoms with E-state index in [0.29, 0.717) is 11.1 Å². The highest BCUT2D eigenvalue weighted by Gasteiger charge is 2.16. The number of benzene rings is 2. The zero-order valence-electron chi connectivity index (χ0n) is 15.9. The van der Waals surface area contributed by atoms with Crippen LogP contribution in [0.3, 0.4) is 0 Å². The van der Waals surface area contributed by atoms with Gasteiger partial charge in [-0.25, -0.2) is 4.98 Å². The molecule has 31 heavy (non-hydrogen) atoms. The molecule has 2 aromatic carbocycles. The molecule has 7 nitrogen and oxygen atoms in total. The van der Waals surface area contributed by atoms with E-state index in [-0.39, 0.29) is 40.1 Å². The number of aromatic nitrogens is 2. The first kappa shape index (κ1) is 20.3. The lowest BCUT2D eigenvalue weighted by molar-refractivity contribution is -0.137. The Morgan fingerprint density at radius 3 is 2.74 bits per heavy atom. The molecule has 4 aromatic rings. The number of hydrogen-bond donors (Lipinski definition) is 1. The number of hydrogen-bond acceptors (Lipinski definition) is 6. The Morgan fingerprint density at radius 1 is 1.13 bits per heavy atom. The number of carbonyl (C=O) groups excluding carboxylic acids is 1. The molecular formula is C22H15F2N3O4. The Kier molecular flexibility index (Phi) is 5.76. The summed E-state index contributed by atoms with van der Waals surface area (Å²) in [6, 6.07) is 12.6. The lowest BCUT2D eigenvalue weighted by Gasteiger charge is -2.12. The molecule has 156 valence electrons. The third-order valence-electron chi connectivity index (χ3n) is 4.45. The van der Waals surface area contributed by atoms with Crippen molar-refractivity contribution in [1.82, 2.24) is 9.97 Å². The fourth-order valence-corrected chi connectivity index (χ4v) is 3.05. The molecular weight excluding hydrogens is 408 g/mol. The molecule has 0 aliphatic heterocycles. The van der Waals surface area contributed by atoms with Gasteiger partial charge in [0.1, 0.15) is 11.5 Å². The molecule has 0 saturated heterocycles. The van der Waals surface area contributed by atoms with Gasteiger partial charge in [-0.15, -0.1) is 0 Å². The second kappa shape index (κ2) is 8.80. The van der Waals surface area contributed by atoms with Crippen molar-refractivity contribution in [3.63, 3.8) is 0 Å². The second-order valence-corrected chi connectivity index (χ2v) is 6.43. The maximum absolute atomic E-state index is 12.7. The van der Waals surface area contributed by atoms with Crippen LogP contribution in [-0.2, 0) is 11.3 Å². The molecule has 0 aliphatic carbocycles. The van der Waals surface area contributed by atoms with Gasteiger partial charge >= 0.3 is 6.61 Å². The smallest absolute Gasteiger partial charge is 0.345 e. The van der Waals surface area contributed by atoms with Crippen LogP contribution in [0.2, 0.25) is 0 Å². The summed E-state index contributed by atoms with van der Waals surface area (Å²) in [4.78, 5) is 33.0. The minimum Gasteiger partial charge on any atom is -0.454 e. The first-order valence-electron chi connectivity index (χ1n) is 9.15. The van der Waals surface area contributed by atoms with Gasteiger partial charge in [-0.1, -0.05) is 30.3 Å². The molecule has 0 spiro atoms. The average Bonchev–Trinajstić information content (AvgIpc) is 2.79. The van der Waals surface area contributed by atoms with Crippen molar-refractivity contribution in [1.29, 1.82) is 0 Å². The van der Waals surface area contributed by atoms with Crippen LogP contribution in [0, 0.1) is 0 Å². The van der Waals surface area contributed by atoms with Gasteiger partial charge in [0.05, 0.1) is 23.9 Å². The van der Waals surface area contributed by atoms with Crippen LogP contribution in [0.15, 0.2) is 76.3 Å². The molecule has 4 rings (SSSR count). The lowest BCUT2D eigenvalue weighted by atomic mass is 10.0. The predicted octanol–water partition coefficient (Wildman–Crippen LogP) is 4.24. The highest BCUT2D eigenvalue weighted by molar-refractivity contribution is 6.06. The number of halogens is 2. The van der Waals surface area contributed by atoms with Gasteiger partial charge in [0.25, 0.3) is 5.91 Å². The summed E-state index contributed by atoms with van der Waals surface area (Å²) in [6.07, 6.45) is 4.13. The maximum atomic E-state index is 12.7. The summed E-state index contributed by atoms with van der Waals surface area (Å²) in [5.74, 6) is -0.369. The first-order chi connectivity index (χ1) is 15.0. The second-order valence-electron chi connectivity index (χ2n) is 6.43. The number of fused-ring (bicyclic) bond motifs is 1. The third kappa shape index (κ3) is 4.46. The summed E-state index contributed by atoms with van der Waals surface area (Å²) < 4.78 is 35.4. The number of carbonyl (C=O) groups is 1. The van der Waals surface area contributed by atoms with E-state index < -0.39 is 12.5 Å². The Bertz CT molecular complexity index is 1290. The maximum Gasteiger partial charge on any atom is 0.345 e. The van der Waals surface area contributed by atoms with Gasteiger partial charge in [-0.3, -0.25) is 14.6 Å². The highest BCUT2D eigenvalue weighted by atomic mass is 19.3. The summed E-state index contributed by atoms with van der Waals surface area (Å²) in [5, 5.41) is 2.92. The number of nitrogens with zero attached hydrogens (tertiary/aromatic N) is 2. The minimum atomic E-state index is -2.93. The van der Waals surface area contributed by atoms with Gasteiger partial charge in [-0.2, -0.15) is 8.78 Å². The molecule has 2 aromatic heterocycles. The number of alkyl halides is 2. The summed E-state index contributed by atoms with van der Waals surface area (Å²) in [5.41, 5.74) is 0.993. The van der Waals surface area contributed by atoms with Crippen LogP contribution in [-0.4, -0.2) is 22.5 Å². The molecule has 0 unspecified atom stereocenters. The molecule has 0 radical (unpaired) electrons. The van der Waals surface area contributed by atoms with Gasteiger partial charge in [0.15, 0.2) is 11.0 Å². The van der Waals surface area contributed by atoms with E-state index in [1.807, 2.05) is 0 Å². The van der Waals surface area contributed by atoms with Crippen molar-refractivity contribution in [2.24, 2.45) is 0 Å². The van der Waals surface area contributed by atoms with Crippen LogP contribution >= 0.6 is 0 Å². The number of rotatable bonds is 6. The number of nitrogens with one attached hydrogen (secondary N) is 1. The fourth-order valence-electron chi connectivity index (χ4n) is 3.05. The van der Waals surface area contributed by atoms with Crippen LogP contribution in [0.25, 0.3) is 22.3 Å². The van der Waals surface area contributed by atoms with Crippen molar-refractivity contribution in [2.45, 2.75) is 13.2 Å². The summed E-state index contributed by atoms with van der Waals surface area (Å²) >= 11 is 0. The molecule has 2 heterocycles. The monoisotopic (exact) mass is 423 g/mol. The third-order valence-corrected chi connectivity index (χ3v) is 4.45. The average molecular weight is 423 g/mol. The van der Waals surface area contributed by atoms with Gasteiger partial charge in [-0.05, 0) is 17.7 Å². The van der Waals surface area contributed by atoms with Crippen molar-refractivity contribution >= 4 is 22.6 Å². The standard InChI is InChI=1S/C22H15F2N3O4/c23-22(24)30-12-13-4-1-2-5-14(13)19-10-18(28)15-6-3-7-16(20(15)31-19)27-21(29)17-11-25-8-9-26-17/h1-11,22H,12H2,(H,27,29). The van der Waals surface area contributed by atoms with Gasteiger partial charge < -0.3 is 14.5 Å². The van der Waals surface area contributed by atoms with E-state index in [1.54, 1.807) is 42.5 Å².